The van der Waals surface area contributed by atoms with Crippen molar-refractivity contribution in [2.45, 2.75) is 45.4 Å². The van der Waals surface area contributed by atoms with Crippen LogP contribution in [0.25, 0.3) is 0 Å². The molecular weight excluding hydrogens is 222 g/mol. The Kier molecular flexibility index (Phi) is 4.41. The first-order valence-corrected chi connectivity index (χ1v) is 6.63. The molecule has 0 amide bonds. The van der Waals surface area contributed by atoms with Gasteiger partial charge in [0, 0.05) is 17.6 Å². The molecule has 1 rings (SSSR count). The summed E-state index contributed by atoms with van der Waals surface area (Å²) in [4.78, 5) is 7.07. The van der Waals surface area contributed by atoms with Crippen molar-refractivity contribution in [1.82, 2.24) is 14.7 Å². The molecule has 0 saturated heterocycles. The van der Waals surface area contributed by atoms with Crippen LogP contribution in [-0.2, 0) is 11.4 Å². The Morgan fingerprint density at radius 1 is 1.44 bits per heavy atom. The summed E-state index contributed by atoms with van der Waals surface area (Å²) in [7, 11) is 0. The topological polar surface area (TPSA) is 63.8 Å². The minimum Gasteiger partial charge on any atom is -0.598 e. The van der Waals surface area contributed by atoms with E-state index >= 15 is 0 Å². The van der Waals surface area contributed by atoms with E-state index < -0.39 is 11.4 Å². The summed E-state index contributed by atoms with van der Waals surface area (Å²) in [5, 5.41) is 0. The lowest BCUT2D eigenvalue weighted by Crippen LogP contribution is -2.42. The van der Waals surface area contributed by atoms with Gasteiger partial charge in [-0.25, -0.2) is 4.98 Å². The second-order valence-corrected chi connectivity index (χ2v) is 7.23. The SMILES string of the molecule is CC(C)C(N[S+]([O-])C(C)(C)C)c1cnc[nH]1. The molecule has 2 unspecified atom stereocenters. The maximum absolute atomic E-state index is 12.0. The molecule has 2 atom stereocenters. The number of nitrogens with zero attached hydrogens (tertiary/aromatic N) is 1. The number of H-pyrrole nitrogens is 1. The lowest BCUT2D eigenvalue weighted by Gasteiger charge is -2.29. The summed E-state index contributed by atoms with van der Waals surface area (Å²) >= 11 is -1.07. The van der Waals surface area contributed by atoms with Crippen LogP contribution < -0.4 is 4.72 Å². The Labute approximate surface area is 101 Å². The fourth-order valence-corrected chi connectivity index (χ4v) is 2.27. The van der Waals surface area contributed by atoms with Gasteiger partial charge in [0.25, 0.3) is 0 Å². The molecule has 0 bridgehead atoms. The molecule has 2 N–H and O–H groups in total. The van der Waals surface area contributed by atoms with Gasteiger partial charge in [0.2, 0.25) is 0 Å². The van der Waals surface area contributed by atoms with Gasteiger partial charge < -0.3 is 9.54 Å². The van der Waals surface area contributed by atoms with Crippen molar-refractivity contribution in [3.8, 4) is 0 Å². The molecule has 0 fully saturated rings. The van der Waals surface area contributed by atoms with E-state index in [0.29, 0.717) is 5.92 Å². The zero-order valence-corrected chi connectivity index (χ0v) is 11.4. The highest BCUT2D eigenvalue weighted by atomic mass is 32.2. The van der Waals surface area contributed by atoms with Crippen molar-refractivity contribution in [2.24, 2.45) is 5.92 Å². The summed E-state index contributed by atoms with van der Waals surface area (Å²) in [6.07, 6.45) is 3.42. The highest BCUT2D eigenvalue weighted by Crippen LogP contribution is 2.23. The summed E-state index contributed by atoms with van der Waals surface area (Å²) < 4.78 is 14.9. The zero-order chi connectivity index (χ0) is 12.3. The molecule has 16 heavy (non-hydrogen) atoms. The van der Waals surface area contributed by atoms with E-state index in [-0.39, 0.29) is 10.8 Å². The third-order valence-electron chi connectivity index (χ3n) is 2.31. The number of aromatic amines is 1. The molecule has 0 aromatic carbocycles. The number of nitrogens with one attached hydrogen (secondary N) is 2. The summed E-state index contributed by atoms with van der Waals surface area (Å²) in [6, 6.07) is 0.0440. The molecule has 0 aliphatic heterocycles. The predicted molar refractivity (Wildman–Crippen MR) is 67.2 cm³/mol. The fourth-order valence-electron chi connectivity index (χ4n) is 1.29. The summed E-state index contributed by atoms with van der Waals surface area (Å²) in [6.45, 7) is 10.1. The van der Waals surface area contributed by atoms with E-state index in [9.17, 15) is 4.55 Å². The van der Waals surface area contributed by atoms with Crippen molar-refractivity contribution >= 4 is 11.4 Å². The van der Waals surface area contributed by atoms with Gasteiger partial charge in [-0.2, -0.15) is 0 Å². The summed E-state index contributed by atoms with van der Waals surface area (Å²) in [5.41, 5.74) is 0.979. The van der Waals surface area contributed by atoms with Gasteiger partial charge in [-0.15, -0.1) is 4.72 Å². The molecular formula is C11H21N3OS. The van der Waals surface area contributed by atoms with E-state index in [1.54, 1.807) is 12.5 Å². The first-order chi connectivity index (χ1) is 7.32. The molecule has 1 aromatic rings. The molecule has 0 radical (unpaired) electrons. The van der Waals surface area contributed by atoms with Crippen molar-refractivity contribution in [1.29, 1.82) is 0 Å². The second-order valence-electron chi connectivity index (χ2n) is 5.23. The summed E-state index contributed by atoms with van der Waals surface area (Å²) in [5.74, 6) is 0.353. The Morgan fingerprint density at radius 3 is 2.44 bits per heavy atom. The zero-order valence-electron chi connectivity index (χ0n) is 10.6. The lowest BCUT2D eigenvalue weighted by molar-refractivity contribution is 0.445. The van der Waals surface area contributed by atoms with Crippen LogP contribution in [0.4, 0.5) is 0 Å². The van der Waals surface area contributed by atoms with Gasteiger partial charge in [-0.1, -0.05) is 13.8 Å². The normalized spacial score (nSPS) is 16.4. The highest BCUT2D eigenvalue weighted by molar-refractivity contribution is 7.90. The van der Waals surface area contributed by atoms with E-state index in [0.717, 1.165) is 5.69 Å². The van der Waals surface area contributed by atoms with Gasteiger partial charge in [-0.05, 0) is 26.7 Å². The molecule has 1 heterocycles. The largest absolute Gasteiger partial charge is 0.598 e. The molecule has 4 nitrogen and oxygen atoms in total. The third kappa shape index (κ3) is 3.50. The second kappa shape index (κ2) is 5.21. The maximum atomic E-state index is 12.0. The Morgan fingerprint density at radius 2 is 2.06 bits per heavy atom. The first-order valence-electron chi connectivity index (χ1n) is 5.48. The average molecular weight is 243 g/mol. The highest BCUT2D eigenvalue weighted by Gasteiger charge is 2.31. The van der Waals surface area contributed by atoms with Crippen LogP contribution in [0.1, 0.15) is 46.4 Å². The van der Waals surface area contributed by atoms with Crippen LogP contribution in [0.3, 0.4) is 0 Å². The Balaban J connectivity index is 2.74. The molecule has 0 spiro atoms. The number of imidazole rings is 1. The van der Waals surface area contributed by atoms with Gasteiger partial charge in [-0.3, -0.25) is 0 Å². The van der Waals surface area contributed by atoms with E-state index in [1.807, 2.05) is 20.8 Å². The van der Waals surface area contributed by atoms with Crippen molar-refractivity contribution in [2.75, 3.05) is 0 Å². The van der Waals surface area contributed by atoms with Crippen LogP contribution >= 0.6 is 0 Å². The standard InChI is InChI=1S/C11H21N3OS/c1-8(2)10(9-6-12-7-13-9)14-16(15)11(3,4)5/h6-8,10,14H,1-5H3,(H,12,13). The van der Waals surface area contributed by atoms with Crippen molar-refractivity contribution in [3.05, 3.63) is 18.2 Å². The van der Waals surface area contributed by atoms with Crippen molar-refractivity contribution < 1.29 is 4.55 Å². The molecule has 92 valence electrons. The van der Waals surface area contributed by atoms with Gasteiger partial charge >= 0.3 is 0 Å². The monoisotopic (exact) mass is 243 g/mol. The molecule has 0 saturated carbocycles. The lowest BCUT2D eigenvalue weighted by atomic mass is 10.0. The molecule has 0 aliphatic rings. The average Bonchev–Trinajstić information content (AvgIpc) is 2.63. The Hall–Kier alpha value is -0.520. The number of hydrogen-bond donors (Lipinski definition) is 2. The van der Waals surface area contributed by atoms with Gasteiger partial charge in [0.1, 0.15) is 4.75 Å². The van der Waals surface area contributed by atoms with Gasteiger partial charge in [0.05, 0.1) is 18.1 Å². The fraction of sp³-hybridized carbons (Fsp3) is 0.727. The van der Waals surface area contributed by atoms with E-state index in [1.165, 1.54) is 0 Å². The number of hydrogen-bond acceptors (Lipinski definition) is 3. The number of rotatable bonds is 4. The minimum absolute atomic E-state index is 0.0440. The molecule has 1 aromatic heterocycles. The van der Waals surface area contributed by atoms with Crippen molar-refractivity contribution in [3.63, 3.8) is 0 Å². The Bertz CT molecular complexity index is 306. The maximum Gasteiger partial charge on any atom is 0.136 e. The smallest absolute Gasteiger partial charge is 0.136 e. The minimum atomic E-state index is -1.07. The molecule has 5 heteroatoms. The predicted octanol–water partition coefficient (Wildman–Crippen LogP) is 2.16. The molecule has 0 aliphatic carbocycles. The third-order valence-corrected chi connectivity index (χ3v) is 3.89. The van der Waals surface area contributed by atoms with Crippen LogP contribution in [-0.4, -0.2) is 19.3 Å². The van der Waals surface area contributed by atoms with Crippen LogP contribution in [0.2, 0.25) is 0 Å². The van der Waals surface area contributed by atoms with Crippen LogP contribution in [0.5, 0.6) is 0 Å². The van der Waals surface area contributed by atoms with Crippen LogP contribution in [0, 0.1) is 5.92 Å². The van der Waals surface area contributed by atoms with E-state index in [2.05, 4.69) is 28.5 Å². The quantitative estimate of drug-likeness (QED) is 0.796. The van der Waals surface area contributed by atoms with Crippen LogP contribution in [0.15, 0.2) is 12.5 Å². The number of aromatic nitrogens is 2. The first kappa shape index (κ1) is 13.5. The van der Waals surface area contributed by atoms with E-state index in [4.69, 9.17) is 0 Å². The van der Waals surface area contributed by atoms with Gasteiger partial charge in [0.15, 0.2) is 0 Å².